The van der Waals surface area contributed by atoms with Crippen LogP contribution in [0.3, 0.4) is 0 Å². The highest BCUT2D eigenvalue weighted by molar-refractivity contribution is 5.78. The van der Waals surface area contributed by atoms with Crippen LogP contribution in [0.25, 0.3) is 0 Å². The van der Waals surface area contributed by atoms with Gasteiger partial charge in [-0.1, -0.05) is 0 Å². The van der Waals surface area contributed by atoms with Crippen molar-refractivity contribution in [2.45, 2.75) is 62.6 Å². The first-order chi connectivity index (χ1) is 13.9. The maximum Gasteiger partial charge on any atom is 0.217 e. The summed E-state index contributed by atoms with van der Waals surface area (Å²) in [6.45, 7) is 0.754. The summed E-state index contributed by atoms with van der Waals surface area (Å²) in [7, 11) is 0. The van der Waals surface area contributed by atoms with Gasteiger partial charge in [0.05, 0.1) is 13.2 Å². The predicted molar refractivity (Wildman–Crippen MR) is 97.5 cm³/mol. The quantitative estimate of drug-likeness (QED) is 0.127. The van der Waals surface area contributed by atoms with E-state index in [2.05, 4.69) is 10.6 Å². The van der Waals surface area contributed by atoms with Crippen molar-refractivity contribution in [3.63, 3.8) is 0 Å². The van der Waals surface area contributed by atoms with Crippen LogP contribution in [0, 0.1) is 0 Å². The minimum atomic E-state index is -1.71. The Labute approximate surface area is 171 Å². The molecule has 2 amide bonds. The van der Waals surface area contributed by atoms with Crippen LogP contribution < -0.4 is 10.6 Å². The van der Waals surface area contributed by atoms with Crippen molar-refractivity contribution in [2.75, 3.05) is 13.2 Å². The Morgan fingerprint density at radius 3 is 1.10 bits per heavy atom. The minimum Gasteiger partial charge on any atom is -0.394 e. The molecule has 0 aromatic heterocycles. The van der Waals surface area contributed by atoms with Gasteiger partial charge in [-0.15, -0.1) is 0 Å². The first-order valence-corrected chi connectivity index (χ1v) is 8.62. The number of amides is 2. The highest BCUT2D eigenvalue weighted by Gasteiger charge is 2.32. The van der Waals surface area contributed by atoms with Gasteiger partial charge >= 0.3 is 0 Å². The second-order valence-corrected chi connectivity index (χ2v) is 6.19. The highest BCUT2D eigenvalue weighted by Crippen LogP contribution is 2.04. The number of carbonyl (C=O) groups is 4. The van der Waals surface area contributed by atoms with Crippen LogP contribution in [0.5, 0.6) is 0 Å². The summed E-state index contributed by atoms with van der Waals surface area (Å²) in [4.78, 5) is 42.1. The molecular weight excluding hydrogens is 412 g/mol. The molecule has 176 valence electrons. The standard InChI is InChI=1S/2C8H15NO6/c2*1-4(12)9-5(2-10)7(14)8(15)6(13)3-11/h2*2,5-8,11,13-15H,3H2,1H3,(H,9,12)/t2*5-,6-,7-,8-/m11/s1. The Morgan fingerprint density at radius 2 is 0.933 bits per heavy atom. The van der Waals surface area contributed by atoms with Crippen LogP contribution in [0.4, 0.5) is 0 Å². The zero-order valence-electron chi connectivity index (χ0n) is 16.4. The number of aliphatic hydroxyl groups excluding tert-OH is 8. The Hall–Kier alpha value is -2.04. The summed E-state index contributed by atoms with van der Waals surface area (Å²) < 4.78 is 0. The molecule has 0 fully saturated rings. The Bertz CT molecular complexity index is 488. The van der Waals surface area contributed by atoms with Gasteiger partial charge in [0, 0.05) is 13.8 Å². The molecule has 30 heavy (non-hydrogen) atoms. The molecule has 0 rings (SSSR count). The van der Waals surface area contributed by atoms with Crippen LogP contribution in [0.1, 0.15) is 13.8 Å². The maximum absolute atomic E-state index is 10.6. The fraction of sp³-hybridized carbons (Fsp3) is 0.750. The molecule has 0 bridgehead atoms. The van der Waals surface area contributed by atoms with Gasteiger partial charge in [-0.25, -0.2) is 0 Å². The van der Waals surface area contributed by atoms with E-state index in [1.165, 1.54) is 0 Å². The number of aliphatic hydroxyl groups is 8. The van der Waals surface area contributed by atoms with Gasteiger partial charge < -0.3 is 61.1 Å². The van der Waals surface area contributed by atoms with E-state index in [4.69, 9.17) is 20.4 Å². The van der Waals surface area contributed by atoms with Crippen LogP contribution in [0.2, 0.25) is 0 Å². The fourth-order valence-corrected chi connectivity index (χ4v) is 1.97. The van der Waals surface area contributed by atoms with Gasteiger partial charge in [0.15, 0.2) is 0 Å². The van der Waals surface area contributed by atoms with Gasteiger partial charge in [-0.2, -0.15) is 0 Å². The van der Waals surface area contributed by atoms with Crippen molar-refractivity contribution in [1.82, 2.24) is 10.6 Å². The van der Waals surface area contributed by atoms with Gasteiger partial charge in [0.2, 0.25) is 11.8 Å². The molecule has 14 heteroatoms. The number of aldehydes is 2. The maximum atomic E-state index is 10.6. The molecule has 8 atom stereocenters. The van der Waals surface area contributed by atoms with E-state index in [0.29, 0.717) is 0 Å². The van der Waals surface area contributed by atoms with E-state index in [1.807, 2.05) is 0 Å². The zero-order chi connectivity index (χ0) is 24.0. The zero-order valence-corrected chi connectivity index (χ0v) is 16.4. The minimum absolute atomic E-state index is 0.235. The van der Waals surface area contributed by atoms with Gasteiger partial charge in [0.1, 0.15) is 61.3 Å². The molecule has 0 heterocycles. The normalized spacial score (nSPS) is 18.7. The molecule has 0 aliphatic heterocycles. The average Bonchev–Trinajstić information content (AvgIpc) is 2.72. The predicted octanol–water partition coefficient (Wildman–Crippen LogP) is -6.47. The topological polar surface area (TPSA) is 254 Å². The first-order valence-electron chi connectivity index (χ1n) is 8.62. The third-order valence-electron chi connectivity index (χ3n) is 3.63. The lowest BCUT2D eigenvalue weighted by molar-refractivity contribution is -0.129. The largest absolute Gasteiger partial charge is 0.394 e. The smallest absolute Gasteiger partial charge is 0.217 e. The van der Waals surface area contributed by atoms with Crippen molar-refractivity contribution in [1.29, 1.82) is 0 Å². The monoisotopic (exact) mass is 442 g/mol. The number of carbonyl (C=O) groups excluding carboxylic acids is 4. The van der Waals surface area contributed by atoms with Gasteiger partial charge in [-0.3, -0.25) is 9.59 Å². The van der Waals surface area contributed by atoms with E-state index in [-0.39, 0.29) is 12.6 Å². The van der Waals surface area contributed by atoms with E-state index >= 15 is 0 Å². The van der Waals surface area contributed by atoms with E-state index in [0.717, 1.165) is 13.8 Å². The van der Waals surface area contributed by atoms with Gasteiger partial charge in [-0.05, 0) is 0 Å². The molecule has 0 saturated heterocycles. The van der Waals surface area contributed by atoms with Gasteiger partial charge in [0.25, 0.3) is 0 Å². The Morgan fingerprint density at radius 1 is 0.667 bits per heavy atom. The molecule has 0 aliphatic carbocycles. The molecule has 0 aliphatic rings. The summed E-state index contributed by atoms with van der Waals surface area (Å²) in [6, 6.07) is -2.64. The lowest BCUT2D eigenvalue weighted by Crippen LogP contribution is -2.53. The summed E-state index contributed by atoms with van der Waals surface area (Å²) in [5.41, 5.74) is 0. The summed E-state index contributed by atoms with van der Waals surface area (Å²) in [5, 5.41) is 76.3. The number of nitrogens with one attached hydrogen (secondary N) is 2. The summed E-state index contributed by atoms with van der Waals surface area (Å²) in [5.74, 6) is -1.12. The van der Waals surface area contributed by atoms with Crippen LogP contribution in [-0.4, -0.2) is 127 Å². The average molecular weight is 442 g/mol. The third kappa shape index (κ3) is 11.2. The lowest BCUT2D eigenvalue weighted by atomic mass is 10.0. The first kappa shape index (κ1) is 30.2. The van der Waals surface area contributed by atoms with E-state index < -0.39 is 73.7 Å². The van der Waals surface area contributed by atoms with Crippen molar-refractivity contribution in [2.24, 2.45) is 0 Å². The van der Waals surface area contributed by atoms with Crippen molar-refractivity contribution in [3.8, 4) is 0 Å². The second kappa shape index (κ2) is 15.8. The molecule has 0 spiro atoms. The number of rotatable bonds is 12. The molecule has 0 unspecified atom stereocenters. The molecule has 0 aromatic carbocycles. The summed E-state index contributed by atoms with van der Waals surface area (Å²) >= 11 is 0. The SMILES string of the molecule is CC(=O)N[C@H](C=O)[C@@H](O)[C@H](O)[C@H](O)CO.CC(=O)N[C@H](C=O)[C@@H](O)[C@H](O)[C@H](O)CO. The van der Waals surface area contributed by atoms with E-state index in [9.17, 15) is 39.6 Å². The molecule has 0 radical (unpaired) electrons. The van der Waals surface area contributed by atoms with Crippen molar-refractivity contribution >= 4 is 24.4 Å². The molecule has 0 aromatic rings. The van der Waals surface area contributed by atoms with Crippen molar-refractivity contribution < 1.29 is 60.0 Å². The highest BCUT2D eigenvalue weighted by atomic mass is 16.4. The number of hydrogen-bond acceptors (Lipinski definition) is 12. The molecule has 0 saturated carbocycles. The van der Waals surface area contributed by atoms with Crippen LogP contribution >= 0.6 is 0 Å². The lowest BCUT2D eigenvalue weighted by Gasteiger charge is -2.25. The Balaban J connectivity index is 0. The molecule has 10 N–H and O–H groups in total. The number of hydrogen-bond donors (Lipinski definition) is 10. The van der Waals surface area contributed by atoms with E-state index in [1.54, 1.807) is 0 Å². The second-order valence-electron chi connectivity index (χ2n) is 6.19. The third-order valence-corrected chi connectivity index (χ3v) is 3.63. The fourth-order valence-electron chi connectivity index (χ4n) is 1.97. The molecular formula is C16H30N2O12. The van der Waals surface area contributed by atoms with Crippen LogP contribution in [0.15, 0.2) is 0 Å². The Kier molecular flexibility index (Phi) is 15.8. The summed E-state index contributed by atoms with van der Waals surface area (Å²) in [6.07, 6.45) is -9.44. The van der Waals surface area contributed by atoms with Crippen molar-refractivity contribution in [3.05, 3.63) is 0 Å². The van der Waals surface area contributed by atoms with Crippen LogP contribution in [-0.2, 0) is 19.2 Å². The molecule has 14 nitrogen and oxygen atoms in total.